The number of nitriles is 1. The number of nitrogens with one attached hydrogen (secondary N) is 5. The molecule has 0 radical (unpaired) electrons. The molecule has 1 saturated carbocycles. The third-order valence-electron chi connectivity index (χ3n) is 7.57. The van der Waals surface area contributed by atoms with E-state index in [1.807, 2.05) is 18.2 Å². The van der Waals surface area contributed by atoms with Crippen LogP contribution in [0.4, 0.5) is 17.5 Å². The van der Waals surface area contributed by atoms with Gasteiger partial charge in [0.05, 0.1) is 23.7 Å². The summed E-state index contributed by atoms with van der Waals surface area (Å²) in [6.45, 7) is 3.97. The van der Waals surface area contributed by atoms with E-state index < -0.39 is 0 Å². The number of methoxy groups -OCH3 is 1. The Balaban J connectivity index is 1.25. The predicted molar refractivity (Wildman–Crippen MR) is 166 cm³/mol. The minimum absolute atomic E-state index is 0.0202. The highest BCUT2D eigenvalue weighted by atomic mass is 16.5. The van der Waals surface area contributed by atoms with Crippen LogP contribution in [0.5, 0.6) is 5.75 Å². The second-order valence-electron chi connectivity index (χ2n) is 10.7. The number of rotatable bonds is 13. The summed E-state index contributed by atoms with van der Waals surface area (Å²) in [6, 6.07) is 17.1. The maximum Gasteiger partial charge on any atom is 0.231 e. The number of fused-ring (bicyclic) bond motifs is 1. The predicted octanol–water partition coefficient (Wildman–Crippen LogP) is 5.61. The molecule has 2 heterocycles. The zero-order chi connectivity index (χ0) is 29.3. The molecule has 4 aromatic rings. The molecule has 0 spiro atoms. The monoisotopic (exact) mass is 566 g/mol. The van der Waals surface area contributed by atoms with Gasteiger partial charge in [0.1, 0.15) is 23.3 Å². The summed E-state index contributed by atoms with van der Waals surface area (Å²) in [4.78, 5) is 23.5. The number of carbonyl (C=O) groups is 1. The van der Waals surface area contributed by atoms with Crippen molar-refractivity contribution < 1.29 is 9.53 Å². The molecule has 0 saturated heterocycles. The molecule has 0 unspecified atom stereocenters. The number of nitrogens with zero attached hydrogens (tertiary/aromatic N) is 3. The van der Waals surface area contributed by atoms with Gasteiger partial charge >= 0.3 is 0 Å². The number of H-pyrrole nitrogens is 1. The number of aromatic amines is 1. The van der Waals surface area contributed by atoms with Gasteiger partial charge in [0.25, 0.3) is 0 Å². The molecular formula is C32H38N8O2. The Morgan fingerprint density at radius 2 is 1.83 bits per heavy atom. The number of anilines is 3. The van der Waals surface area contributed by atoms with Gasteiger partial charge in [-0.3, -0.25) is 4.79 Å². The molecule has 5 rings (SSSR count). The summed E-state index contributed by atoms with van der Waals surface area (Å²) < 4.78 is 5.74. The van der Waals surface area contributed by atoms with Crippen molar-refractivity contribution in [1.29, 1.82) is 5.26 Å². The largest absolute Gasteiger partial charge is 0.495 e. The van der Waals surface area contributed by atoms with Gasteiger partial charge in [-0.15, -0.1) is 0 Å². The topological polar surface area (TPSA) is 140 Å². The van der Waals surface area contributed by atoms with E-state index in [0.29, 0.717) is 34.8 Å². The smallest absolute Gasteiger partial charge is 0.231 e. The number of ether oxygens (including phenoxy) is 1. The van der Waals surface area contributed by atoms with Gasteiger partial charge in [0.15, 0.2) is 0 Å². The highest BCUT2D eigenvalue weighted by molar-refractivity contribution is 5.94. The third-order valence-corrected chi connectivity index (χ3v) is 7.57. The molecule has 10 heteroatoms. The molecule has 1 fully saturated rings. The molecule has 0 aliphatic heterocycles. The minimum Gasteiger partial charge on any atom is -0.495 e. The standard InChI is InChI=1S/C32H38N8O2/c1-21(41)35-16-6-5-15-34-19-22-9-11-23(12-10-22)24-13-14-27(28(17-24)42-2)38-32-39-30-29(25(18-33)20-36-30)31(40-32)37-26-7-3-4-8-26/h9-14,17,20,26,34H,3-8,15-16,19H2,1-2H3,(H,35,41)(H3,36,37,38,39,40). The number of benzene rings is 2. The second-order valence-corrected chi connectivity index (χ2v) is 10.7. The summed E-state index contributed by atoms with van der Waals surface area (Å²) >= 11 is 0. The number of carbonyl (C=O) groups excluding carboxylic acids is 1. The van der Waals surface area contributed by atoms with Crippen molar-refractivity contribution in [3.8, 4) is 22.9 Å². The average molecular weight is 567 g/mol. The first-order chi connectivity index (χ1) is 20.5. The first kappa shape index (κ1) is 28.9. The van der Waals surface area contributed by atoms with E-state index in [1.165, 1.54) is 18.4 Å². The van der Waals surface area contributed by atoms with Crippen molar-refractivity contribution in [2.75, 3.05) is 30.8 Å². The van der Waals surface area contributed by atoms with Crippen LogP contribution in [-0.2, 0) is 11.3 Å². The van der Waals surface area contributed by atoms with Gasteiger partial charge in [-0.1, -0.05) is 43.2 Å². The molecular weight excluding hydrogens is 528 g/mol. The van der Waals surface area contributed by atoms with E-state index in [9.17, 15) is 10.1 Å². The van der Waals surface area contributed by atoms with Crippen LogP contribution >= 0.6 is 0 Å². The number of aromatic nitrogens is 3. The molecule has 10 nitrogen and oxygen atoms in total. The van der Waals surface area contributed by atoms with Gasteiger partial charge in [0, 0.05) is 32.3 Å². The fourth-order valence-corrected chi connectivity index (χ4v) is 5.33. The van der Waals surface area contributed by atoms with Crippen molar-refractivity contribution in [3.05, 3.63) is 59.8 Å². The van der Waals surface area contributed by atoms with Crippen LogP contribution in [-0.4, -0.2) is 47.1 Å². The Kier molecular flexibility index (Phi) is 9.51. The van der Waals surface area contributed by atoms with E-state index >= 15 is 0 Å². The average Bonchev–Trinajstić information content (AvgIpc) is 3.67. The first-order valence-corrected chi connectivity index (χ1v) is 14.6. The molecule has 5 N–H and O–H groups in total. The van der Waals surface area contributed by atoms with Gasteiger partial charge in [-0.2, -0.15) is 15.2 Å². The van der Waals surface area contributed by atoms with Gasteiger partial charge < -0.3 is 31.0 Å². The third kappa shape index (κ3) is 7.17. The lowest BCUT2D eigenvalue weighted by Gasteiger charge is -2.16. The lowest BCUT2D eigenvalue weighted by molar-refractivity contribution is -0.118. The molecule has 2 aromatic carbocycles. The Bertz CT molecular complexity index is 1550. The fraction of sp³-hybridized carbons (Fsp3) is 0.375. The van der Waals surface area contributed by atoms with Crippen LogP contribution in [0.3, 0.4) is 0 Å². The molecule has 0 bridgehead atoms. The van der Waals surface area contributed by atoms with Crippen molar-refractivity contribution in [1.82, 2.24) is 25.6 Å². The number of hydrogen-bond donors (Lipinski definition) is 5. The van der Waals surface area contributed by atoms with Crippen molar-refractivity contribution in [3.63, 3.8) is 0 Å². The SMILES string of the molecule is COc1cc(-c2ccc(CNCCCCNC(C)=O)cc2)ccc1Nc1nc(NC2CCCC2)c2c(C#N)c[nH]c2n1. The summed E-state index contributed by atoms with van der Waals surface area (Å²) in [6.07, 6.45) is 8.23. The second kappa shape index (κ2) is 13.8. The number of unbranched alkanes of at least 4 members (excludes halogenated alkanes) is 1. The summed E-state index contributed by atoms with van der Waals surface area (Å²) in [5.74, 6) is 1.79. The summed E-state index contributed by atoms with van der Waals surface area (Å²) in [5.41, 5.74) is 5.23. The van der Waals surface area contributed by atoms with Gasteiger partial charge in [-0.25, -0.2) is 0 Å². The highest BCUT2D eigenvalue weighted by Gasteiger charge is 2.20. The Morgan fingerprint density at radius 1 is 1.07 bits per heavy atom. The Morgan fingerprint density at radius 3 is 2.57 bits per heavy atom. The molecule has 2 aromatic heterocycles. The van der Waals surface area contributed by atoms with Crippen LogP contribution in [0.25, 0.3) is 22.2 Å². The lowest BCUT2D eigenvalue weighted by atomic mass is 10.0. The molecule has 1 amide bonds. The fourth-order valence-electron chi connectivity index (χ4n) is 5.33. The van der Waals surface area contributed by atoms with Gasteiger partial charge in [0.2, 0.25) is 11.9 Å². The molecule has 0 atom stereocenters. The van der Waals surface area contributed by atoms with Crippen LogP contribution in [0.2, 0.25) is 0 Å². The van der Waals surface area contributed by atoms with E-state index in [2.05, 4.69) is 61.6 Å². The summed E-state index contributed by atoms with van der Waals surface area (Å²) in [5, 5.41) is 23.5. The van der Waals surface area contributed by atoms with Crippen molar-refractivity contribution >= 4 is 34.4 Å². The van der Waals surface area contributed by atoms with E-state index in [1.54, 1.807) is 20.2 Å². The van der Waals surface area contributed by atoms with Crippen LogP contribution < -0.4 is 26.0 Å². The molecule has 218 valence electrons. The Hall–Kier alpha value is -4.62. The van der Waals surface area contributed by atoms with E-state index in [4.69, 9.17) is 9.72 Å². The van der Waals surface area contributed by atoms with Crippen molar-refractivity contribution in [2.24, 2.45) is 0 Å². The van der Waals surface area contributed by atoms with E-state index in [0.717, 1.165) is 67.5 Å². The number of hydrogen-bond acceptors (Lipinski definition) is 8. The zero-order valence-electron chi connectivity index (χ0n) is 24.2. The first-order valence-electron chi connectivity index (χ1n) is 14.6. The minimum atomic E-state index is 0.0202. The quantitative estimate of drug-likeness (QED) is 0.132. The lowest BCUT2D eigenvalue weighted by Crippen LogP contribution is -2.22. The molecule has 42 heavy (non-hydrogen) atoms. The number of amides is 1. The highest BCUT2D eigenvalue weighted by Crippen LogP contribution is 2.34. The van der Waals surface area contributed by atoms with Gasteiger partial charge in [-0.05, 0) is 61.1 Å². The summed E-state index contributed by atoms with van der Waals surface area (Å²) in [7, 11) is 1.65. The molecule has 1 aliphatic carbocycles. The Labute approximate surface area is 246 Å². The van der Waals surface area contributed by atoms with Crippen LogP contribution in [0.1, 0.15) is 56.6 Å². The maximum atomic E-state index is 10.9. The maximum absolute atomic E-state index is 10.9. The van der Waals surface area contributed by atoms with Crippen molar-refractivity contribution in [2.45, 2.75) is 58.0 Å². The van der Waals surface area contributed by atoms with Crippen LogP contribution in [0.15, 0.2) is 48.7 Å². The van der Waals surface area contributed by atoms with Crippen LogP contribution in [0, 0.1) is 11.3 Å². The van der Waals surface area contributed by atoms with E-state index in [-0.39, 0.29) is 5.91 Å². The molecule has 1 aliphatic rings. The normalized spacial score (nSPS) is 13.2. The zero-order valence-corrected chi connectivity index (χ0v) is 24.2.